The van der Waals surface area contributed by atoms with Crippen LogP contribution in [0.1, 0.15) is 44.5 Å². The topological polar surface area (TPSA) is 51.2 Å². The van der Waals surface area contributed by atoms with Gasteiger partial charge in [-0.15, -0.1) is 0 Å². The zero-order valence-corrected chi connectivity index (χ0v) is 10.5. The molecule has 1 N–H and O–H groups in total. The molecule has 0 fully saturated rings. The second-order valence-corrected chi connectivity index (χ2v) is 5.28. The number of amides is 1. The standard InChI is InChI=1S/C13H18N2O2/c1-13(2,3)17-12(16)15-11-7-6-10-9(11)5-4-8-14-10/h4-5,8,11H,6-7H2,1-3H3,(H,15,16). The second-order valence-electron chi connectivity index (χ2n) is 5.28. The number of fused-ring (bicyclic) bond motifs is 1. The van der Waals surface area contributed by atoms with Crippen molar-refractivity contribution in [2.45, 2.75) is 45.3 Å². The van der Waals surface area contributed by atoms with Crippen LogP contribution in [0.15, 0.2) is 18.3 Å². The summed E-state index contributed by atoms with van der Waals surface area (Å²) in [6.07, 6.45) is 3.23. The van der Waals surface area contributed by atoms with Crippen LogP contribution in [0.5, 0.6) is 0 Å². The molecule has 1 aliphatic carbocycles. The Morgan fingerprint density at radius 3 is 3.00 bits per heavy atom. The van der Waals surface area contributed by atoms with Crippen molar-refractivity contribution in [3.63, 3.8) is 0 Å². The molecule has 1 aromatic rings. The maximum atomic E-state index is 11.7. The van der Waals surface area contributed by atoms with Crippen LogP contribution in [0, 0.1) is 0 Å². The van der Waals surface area contributed by atoms with Gasteiger partial charge in [0.25, 0.3) is 0 Å². The van der Waals surface area contributed by atoms with Crippen molar-refractivity contribution in [1.29, 1.82) is 0 Å². The number of alkyl carbamates (subject to hydrolysis) is 1. The molecule has 0 spiro atoms. The lowest BCUT2D eigenvalue weighted by atomic mass is 10.1. The molecule has 4 nitrogen and oxygen atoms in total. The van der Waals surface area contributed by atoms with Crippen molar-refractivity contribution in [1.82, 2.24) is 10.3 Å². The van der Waals surface area contributed by atoms with Crippen LogP contribution in [-0.4, -0.2) is 16.7 Å². The van der Waals surface area contributed by atoms with E-state index < -0.39 is 5.60 Å². The van der Waals surface area contributed by atoms with Crippen molar-refractivity contribution < 1.29 is 9.53 Å². The molecule has 4 heteroatoms. The van der Waals surface area contributed by atoms with E-state index in [1.807, 2.05) is 32.9 Å². The maximum absolute atomic E-state index is 11.7. The lowest BCUT2D eigenvalue weighted by Gasteiger charge is -2.22. The first-order valence-electron chi connectivity index (χ1n) is 5.89. The Morgan fingerprint density at radius 1 is 1.53 bits per heavy atom. The zero-order valence-electron chi connectivity index (χ0n) is 10.5. The average Bonchev–Trinajstić information content (AvgIpc) is 2.59. The number of ether oxygens (including phenoxy) is 1. The number of carbonyl (C=O) groups excluding carboxylic acids is 1. The van der Waals surface area contributed by atoms with Crippen LogP contribution < -0.4 is 5.32 Å². The molecule has 1 heterocycles. The summed E-state index contributed by atoms with van der Waals surface area (Å²) in [5.41, 5.74) is 1.73. The van der Waals surface area contributed by atoms with E-state index in [4.69, 9.17) is 4.74 Å². The molecular formula is C13H18N2O2. The number of carbonyl (C=O) groups is 1. The largest absolute Gasteiger partial charge is 0.444 e. The lowest BCUT2D eigenvalue weighted by Crippen LogP contribution is -2.34. The van der Waals surface area contributed by atoms with Crippen molar-refractivity contribution in [3.05, 3.63) is 29.6 Å². The summed E-state index contributed by atoms with van der Waals surface area (Å²) in [7, 11) is 0. The van der Waals surface area contributed by atoms with Gasteiger partial charge >= 0.3 is 6.09 Å². The molecule has 92 valence electrons. The highest BCUT2D eigenvalue weighted by atomic mass is 16.6. The average molecular weight is 234 g/mol. The van der Waals surface area contributed by atoms with E-state index in [9.17, 15) is 4.79 Å². The fourth-order valence-electron chi connectivity index (χ4n) is 2.01. The summed E-state index contributed by atoms with van der Waals surface area (Å²) in [6, 6.07) is 3.94. The minimum atomic E-state index is -0.458. The molecule has 0 aromatic carbocycles. The minimum Gasteiger partial charge on any atom is -0.444 e. The molecule has 1 atom stereocenters. The summed E-state index contributed by atoms with van der Waals surface area (Å²) in [6.45, 7) is 5.57. The van der Waals surface area contributed by atoms with Gasteiger partial charge < -0.3 is 10.1 Å². The van der Waals surface area contributed by atoms with E-state index in [1.165, 1.54) is 0 Å². The number of rotatable bonds is 1. The SMILES string of the molecule is CC(C)(C)OC(=O)NC1CCc2ncccc21. The predicted octanol–water partition coefficient (Wildman–Crippen LogP) is 2.59. The van der Waals surface area contributed by atoms with Crippen LogP contribution in [-0.2, 0) is 11.2 Å². The number of aromatic nitrogens is 1. The third-order valence-electron chi connectivity index (χ3n) is 2.66. The van der Waals surface area contributed by atoms with Gasteiger partial charge in [-0.25, -0.2) is 4.79 Å². The Labute approximate surface area is 101 Å². The van der Waals surface area contributed by atoms with Crippen molar-refractivity contribution >= 4 is 6.09 Å². The summed E-state index contributed by atoms with van der Waals surface area (Å²) < 4.78 is 5.24. The summed E-state index contributed by atoms with van der Waals surface area (Å²) in [4.78, 5) is 16.0. The molecule has 1 unspecified atom stereocenters. The number of hydrogen-bond acceptors (Lipinski definition) is 3. The molecule has 1 amide bonds. The Bertz CT molecular complexity index is 424. The lowest BCUT2D eigenvalue weighted by molar-refractivity contribution is 0.0504. The molecule has 0 aliphatic heterocycles. The Morgan fingerprint density at radius 2 is 2.29 bits per heavy atom. The van der Waals surface area contributed by atoms with Crippen LogP contribution in [0.2, 0.25) is 0 Å². The smallest absolute Gasteiger partial charge is 0.408 e. The highest BCUT2D eigenvalue weighted by Crippen LogP contribution is 2.29. The van der Waals surface area contributed by atoms with Crippen molar-refractivity contribution in [2.75, 3.05) is 0 Å². The third kappa shape index (κ3) is 2.96. The van der Waals surface area contributed by atoms with Gasteiger partial charge in [0.15, 0.2) is 0 Å². The first-order valence-corrected chi connectivity index (χ1v) is 5.89. The van der Waals surface area contributed by atoms with Gasteiger partial charge in [-0.3, -0.25) is 4.98 Å². The monoisotopic (exact) mass is 234 g/mol. The van der Waals surface area contributed by atoms with E-state index in [2.05, 4.69) is 10.3 Å². The molecule has 0 radical (unpaired) electrons. The third-order valence-corrected chi connectivity index (χ3v) is 2.66. The molecule has 1 aliphatic rings. The zero-order chi connectivity index (χ0) is 12.5. The van der Waals surface area contributed by atoms with Crippen molar-refractivity contribution in [3.8, 4) is 0 Å². The number of hydrogen-bond donors (Lipinski definition) is 1. The second kappa shape index (κ2) is 4.35. The normalized spacial score (nSPS) is 18.6. The first kappa shape index (κ1) is 11.9. The van der Waals surface area contributed by atoms with Crippen LogP contribution in [0.4, 0.5) is 4.79 Å². The first-order chi connectivity index (χ1) is 7.96. The van der Waals surface area contributed by atoms with Crippen LogP contribution in [0.25, 0.3) is 0 Å². The van der Waals surface area contributed by atoms with Crippen LogP contribution >= 0.6 is 0 Å². The fourth-order valence-corrected chi connectivity index (χ4v) is 2.01. The quantitative estimate of drug-likeness (QED) is 0.812. The molecule has 0 bridgehead atoms. The minimum absolute atomic E-state index is 0.0357. The molecular weight excluding hydrogens is 216 g/mol. The fraction of sp³-hybridized carbons (Fsp3) is 0.538. The summed E-state index contributed by atoms with van der Waals surface area (Å²) in [5.74, 6) is 0. The molecule has 17 heavy (non-hydrogen) atoms. The van der Waals surface area contributed by atoms with E-state index in [1.54, 1.807) is 6.20 Å². The summed E-state index contributed by atoms with van der Waals surface area (Å²) in [5, 5.41) is 2.89. The van der Waals surface area contributed by atoms with Gasteiger partial charge in [0.05, 0.1) is 6.04 Å². The number of pyridine rings is 1. The number of aryl methyl sites for hydroxylation is 1. The van der Waals surface area contributed by atoms with Gasteiger partial charge in [0, 0.05) is 11.9 Å². The molecule has 1 aromatic heterocycles. The number of nitrogens with zero attached hydrogens (tertiary/aromatic N) is 1. The Kier molecular flexibility index (Phi) is 3.05. The highest BCUT2D eigenvalue weighted by Gasteiger charge is 2.26. The Hall–Kier alpha value is -1.58. The van der Waals surface area contributed by atoms with Crippen molar-refractivity contribution in [2.24, 2.45) is 0 Å². The van der Waals surface area contributed by atoms with Gasteiger partial charge in [-0.2, -0.15) is 0 Å². The molecule has 2 rings (SSSR count). The molecule has 0 saturated heterocycles. The molecule has 0 saturated carbocycles. The van der Waals surface area contributed by atoms with E-state index >= 15 is 0 Å². The Balaban J connectivity index is 2.00. The van der Waals surface area contributed by atoms with Gasteiger partial charge in [0.1, 0.15) is 5.60 Å². The van der Waals surface area contributed by atoms with E-state index in [0.29, 0.717) is 0 Å². The highest BCUT2D eigenvalue weighted by molar-refractivity contribution is 5.68. The van der Waals surface area contributed by atoms with Gasteiger partial charge in [-0.05, 0) is 45.2 Å². The summed E-state index contributed by atoms with van der Waals surface area (Å²) >= 11 is 0. The maximum Gasteiger partial charge on any atom is 0.408 e. The number of nitrogens with one attached hydrogen (secondary N) is 1. The van der Waals surface area contributed by atoms with Crippen LogP contribution in [0.3, 0.4) is 0 Å². The van der Waals surface area contributed by atoms with E-state index in [0.717, 1.165) is 24.1 Å². The van der Waals surface area contributed by atoms with Gasteiger partial charge in [0.2, 0.25) is 0 Å². The van der Waals surface area contributed by atoms with E-state index in [-0.39, 0.29) is 12.1 Å². The van der Waals surface area contributed by atoms with Gasteiger partial charge in [-0.1, -0.05) is 6.07 Å². The predicted molar refractivity (Wildman–Crippen MR) is 64.7 cm³/mol.